The number of aryl methyl sites for hydroxylation is 2. The van der Waals surface area contributed by atoms with Crippen LogP contribution in [-0.2, 0) is 17.6 Å². The Hall–Kier alpha value is -2.66. The SMILES string of the molecule is COCOc1cc2c(cc1C(=O)c1ccc(C(=O)O)cc1)CCCC2. The minimum atomic E-state index is -1.02. The molecule has 1 N–H and O–H groups in total. The molecule has 3 rings (SSSR count). The summed E-state index contributed by atoms with van der Waals surface area (Å²) in [6.07, 6.45) is 4.20. The van der Waals surface area contributed by atoms with Crippen molar-refractivity contribution in [3.8, 4) is 5.75 Å². The van der Waals surface area contributed by atoms with E-state index in [1.54, 1.807) is 0 Å². The topological polar surface area (TPSA) is 72.8 Å². The van der Waals surface area contributed by atoms with Crippen LogP contribution in [0.15, 0.2) is 36.4 Å². The van der Waals surface area contributed by atoms with Gasteiger partial charge in [-0.05, 0) is 61.1 Å². The number of carboxylic acids is 1. The van der Waals surface area contributed by atoms with Crippen molar-refractivity contribution in [3.05, 3.63) is 64.2 Å². The molecule has 0 unspecified atom stereocenters. The van der Waals surface area contributed by atoms with Gasteiger partial charge < -0.3 is 14.6 Å². The van der Waals surface area contributed by atoms with Crippen LogP contribution in [0.3, 0.4) is 0 Å². The van der Waals surface area contributed by atoms with Gasteiger partial charge in [-0.25, -0.2) is 4.79 Å². The molecule has 0 saturated carbocycles. The van der Waals surface area contributed by atoms with Crippen molar-refractivity contribution in [2.75, 3.05) is 13.9 Å². The number of rotatable bonds is 6. The smallest absolute Gasteiger partial charge is 0.335 e. The molecule has 1 aliphatic rings. The van der Waals surface area contributed by atoms with Gasteiger partial charge in [0, 0.05) is 12.7 Å². The van der Waals surface area contributed by atoms with Crippen LogP contribution in [0.1, 0.15) is 50.2 Å². The minimum Gasteiger partial charge on any atom is -0.478 e. The number of hydrogen-bond acceptors (Lipinski definition) is 4. The Morgan fingerprint density at radius 1 is 1.00 bits per heavy atom. The van der Waals surface area contributed by atoms with Crippen LogP contribution < -0.4 is 4.74 Å². The summed E-state index contributed by atoms with van der Waals surface area (Å²) in [5, 5.41) is 8.99. The number of ether oxygens (including phenoxy) is 2. The number of carbonyl (C=O) groups is 2. The summed E-state index contributed by atoms with van der Waals surface area (Å²) in [7, 11) is 1.53. The first kappa shape index (κ1) is 17.2. The van der Waals surface area contributed by atoms with E-state index in [1.807, 2.05) is 12.1 Å². The molecule has 2 aromatic carbocycles. The van der Waals surface area contributed by atoms with Gasteiger partial charge in [-0.1, -0.05) is 12.1 Å². The van der Waals surface area contributed by atoms with E-state index >= 15 is 0 Å². The Bertz CT molecular complexity index is 792. The zero-order valence-electron chi connectivity index (χ0n) is 14.1. The quantitative estimate of drug-likeness (QED) is 0.644. The molecule has 1 aliphatic carbocycles. The first-order valence-corrected chi connectivity index (χ1v) is 8.25. The summed E-state index contributed by atoms with van der Waals surface area (Å²) < 4.78 is 10.6. The third kappa shape index (κ3) is 3.72. The lowest BCUT2D eigenvalue weighted by Gasteiger charge is -2.19. The minimum absolute atomic E-state index is 0.0665. The highest BCUT2D eigenvalue weighted by molar-refractivity contribution is 6.11. The molecule has 0 heterocycles. The maximum absolute atomic E-state index is 12.9. The first-order chi connectivity index (χ1) is 12.1. The molecule has 0 aliphatic heterocycles. The zero-order valence-corrected chi connectivity index (χ0v) is 14.1. The van der Waals surface area contributed by atoms with Gasteiger partial charge >= 0.3 is 5.97 Å². The van der Waals surface area contributed by atoms with E-state index in [9.17, 15) is 9.59 Å². The van der Waals surface area contributed by atoms with E-state index in [2.05, 4.69) is 0 Å². The van der Waals surface area contributed by atoms with Gasteiger partial charge in [0.1, 0.15) is 5.75 Å². The second kappa shape index (κ2) is 7.49. The monoisotopic (exact) mass is 340 g/mol. The number of benzene rings is 2. The highest BCUT2D eigenvalue weighted by Crippen LogP contribution is 2.31. The molecule has 130 valence electrons. The van der Waals surface area contributed by atoms with Crippen molar-refractivity contribution in [1.82, 2.24) is 0 Å². The van der Waals surface area contributed by atoms with Gasteiger partial charge in [0.15, 0.2) is 12.6 Å². The van der Waals surface area contributed by atoms with Gasteiger partial charge in [0.05, 0.1) is 11.1 Å². The molecule has 0 radical (unpaired) electrons. The third-order valence-electron chi connectivity index (χ3n) is 4.41. The van der Waals surface area contributed by atoms with Crippen molar-refractivity contribution in [3.63, 3.8) is 0 Å². The van der Waals surface area contributed by atoms with Crippen LogP contribution >= 0.6 is 0 Å². The average molecular weight is 340 g/mol. The fourth-order valence-electron chi connectivity index (χ4n) is 3.10. The Labute approximate surface area is 146 Å². The van der Waals surface area contributed by atoms with E-state index < -0.39 is 5.97 Å². The highest BCUT2D eigenvalue weighted by atomic mass is 16.7. The predicted octanol–water partition coefficient (Wildman–Crippen LogP) is 3.48. The average Bonchev–Trinajstić information content (AvgIpc) is 2.65. The van der Waals surface area contributed by atoms with Crippen LogP contribution in [0.2, 0.25) is 0 Å². The van der Waals surface area contributed by atoms with E-state index in [-0.39, 0.29) is 18.1 Å². The molecule has 25 heavy (non-hydrogen) atoms. The van der Waals surface area contributed by atoms with E-state index in [0.29, 0.717) is 16.9 Å². The van der Waals surface area contributed by atoms with Crippen molar-refractivity contribution in [2.24, 2.45) is 0 Å². The van der Waals surface area contributed by atoms with Gasteiger partial charge in [-0.15, -0.1) is 0 Å². The maximum Gasteiger partial charge on any atom is 0.335 e. The number of hydrogen-bond donors (Lipinski definition) is 1. The summed E-state index contributed by atoms with van der Waals surface area (Å²) in [5.41, 5.74) is 3.47. The van der Waals surface area contributed by atoms with Gasteiger partial charge in [-0.2, -0.15) is 0 Å². The summed E-state index contributed by atoms with van der Waals surface area (Å²) in [5.74, 6) is -0.692. The number of carboxylic acid groups (broad SMARTS) is 1. The van der Waals surface area contributed by atoms with Gasteiger partial charge in [0.2, 0.25) is 0 Å². The number of ketones is 1. The second-order valence-corrected chi connectivity index (χ2v) is 6.09. The van der Waals surface area contributed by atoms with Crippen molar-refractivity contribution < 1.29 is 24.2 Å². The van der Waals surface area contributed by atoms with Crippen LogP contribution in [0.5, 0.6) is 5.75 Å². The molecule has 0 amide bonds. The largest absolute Gasteiger partial charge is 0.478 e. The highest BCUT2D eigenvalue weighted by Gasteiger charge is 2.20. The molecule has 2 aromatic rings. The molecule has 0 atom stereocenters. The molecular formula is C20H20O5. The molecule has 0 fully saturated rings. The van der Waals surface area contributed by atoms with E-state index in [1.165, 1.54) is 42.5 Å². The summed E-state index contributed by atoms with van der Waals surface area (Å²) in [4.78, 5) is 23.9. The van der Waals surface area contributed by atoms with Crippen molar-refractivity contribution >= 4 is 11.8 Å². The second-order valence-electron chi connectivity index (χ2n) is 6.09. The van der Waals surface area contributed by atoms with Crippen LogP contribution in [0.4, 0.5) is 0 Å². The summed E-state index contributed by atoms with van der Waals surface area (Å²) >= 11 is 0. The summed E-state index contributed by atoms with van der Waals surface area (Å²) in [6.45, 7) is 0.0665. The lowest BCUT2D eigenvalue weighted by atomic mass is 9.88. The molecule has 5 nitrogen and oxygen atoms in total. The van der Waals surface area contributed by atoms with Crippen molar-refractivity contribution in [2.45, 2.75) is 25.7 Å². The van der Waals surface area contributed by atoms with Crippen LogP contribution in [0.25, 0.3) is 0 Å². The normalized spacial score (nSPS) is 13.2. The number of aromatic carboxylic acids is 1. The maximum atomic E-state index is 12.9. The Morgan fingerprint density at radius 3 is 2.20 bits per heavy atom. The third-order valence-corrected chi connectivity index (χ3v) is 4.41. The molecule has 0 saturated heterocycles. The predicted molar refractivity (Wildman–Crippen MR) is 92.4 cm³/mol. The van der Waals surface area contributed by atoms with Crippen LogP contribution in [-0.4, -0.2) is 30.8 Å². The van der Waals surface area contributed by atoms with Gasteiger partial charge in [-0.3, -0.25) is 4.79 Å². The lowest BCUT2D eigenvalue weighted by Crippen LogP contribution is -2.11. The fourth-order valence-corrected chi connectivity index (χ4v) is 3.10. The molecule has 5 heteroatoms. The zero-order chi connectivity index (χ0) is 17.8. The Morgan fingerprint density at radius 2 is 1.60 bits per heavy atom. The number of methoxy groups -OCH3 is 1. The molecule has 0 spiro atoms. The standard InChI is InChI=1S/C20H20O5/c1-24-12-25-18-11-16-5-3-2-4-15(16)10-17(18)19(21)13-6-8-14(9-7-13)20(22)23/h6-11H,2-5,12H2,1H3,(H,22,23). The van der Waals surface area contributed by atoms with Crippen LogP contribution in [0, 0.1) is 0 Å². The fraction of sp³-hybridized carbons (Fsp3) is 0.300. The van der Waals surface area contributed by atoms with E-state index in [4.69, 9.17) is 14.6 Å². The Kier molecular flexibility index (Phi) is 5.14. The van der Waals surface area contributed by atoms with Crippen molar-refractivity contribution in [1.29, 1.82) is 0 Å². The molecular weight excluding hydrogens is 320 g/mol. The van der Waals surface area contributed by atoms with E-state index in [0.717, 1.165) is 25.7 Å². The Balaban J connectivity index is 1.98. The number of fused-ring (bicyclic) bond motifs is 1. The summed E-state index contributed by atoms with van der Waals surface area (Å²) in [6, 6.07) is 9.78. The first-order valence-electron chi connectivity index (χ1n) is 8.25. The van der Waals surface area contributed by atoms with Gasteiger partial charge in [0.25, 0.3) is 0 Å². The number of carbonyl (C=O) groups excluding carboxylic acids is 1. The molecule has 0 bridgehead atoms. The molecule has 0 aromatic heterocycles. The lowest BCUT2D eigenvalue weighted by molar-refractivity contribution is 0.0502.